The number of carbonyl (C=O) groups excluding carboxylic acids is 1. The monoisotopic (exact) mass is 335 g/mol. The van der Waals surface area contributed by atoms with Gasteiger partial charge < -0.3 is 5.32 Å². The van der Waals surface area contributed by atoms with Crippen molar-refractivity contribution in [3.05, 3.63) is 45.8 Å². The maximum absolute atomic E-state index is 12.7. The van der Waals surface area contributed by atoms with E-state index in [2.05, 4.69) is 15.3 Å². The molecule has 0 aliphatic rings. The topological polar surface area (TPSA) is 54.9 Å². The van der Waals surface area contributed by atoms with Crippen molar-refractivity contribution in [1.82, 2.24) is 9.97 Å². The fourth-order valence-corrected chi connectivity index (χ4v) is 1.85. The van der Waals surface area contributed by atoms with Crippen LogP contribution in [0.1, 0.15) is 15.9 Å². The van der Waals surface area contributed by atoms with Gasteiger partial charge in [-0.05, 0) is 18.2 Å². The zero-order valence-corrected chi connectivity index (χ0v) is 11.6. The molecule has 0 atom stereocenters. The molecule has 0 fully saturated rings. The predicted molar refractivity (Wildman–Crippen MR) is 72.2 cm³/mol. The zero-order valence-electron chi connectivity index (χ0n) is 10.1. The average molecular weight is 336 g/mol. The summed E-state index contributed by atoms with van der Waals surface area (Å²) in [6.45, 7) is 0. The minimum Gasteiger partial charge on any atom is -0.338 e. The van der Waals surface area contributed by atoms with Crippen molar-refractivity contribution in [3.8, 4) is 0 Å². The van der Waals surface area contributed by atoms with Crippen LogP contribution in [0.5, 0.6) is 0 Å². The number of aldehydes is 1. The van der Waals surface area contributed by atoms with E-state index in [9.17, 15) is 18.0 Å². The Morgan fingerprint density at radius 1 is 1.19 bits per heavy atom. The van der Waals surface area contributed by atoms with E-state index in [0.29, 0.717) is 6.29 Å². The number of alkyl halides is 3. The van der Waals surface area contributed by atoms with Crippen molar-refractivity contribution >= 4 is 41.0 Å². The number of carbonyl (C=O) groups is 1. The standard InChI is InChI=1S/C12H6Cl2F3N3O/c13-8-2-1-6(12(15,16)17)3-9(8)20-11-7(4-21)10(14)18-5-19-11/h1-5H,(H,18,19,20). The van der Waals surface area contributed by atoms with Crippen molar-refractivity contribution in [2.24, 2.45) is 0 Å². The van der Waals surface area contributed by atoms with E-state index in [-0.39, 0.29) is 27.2 Å². The molecule has 0 bridgehead atoms. The Labute approximate surface area is 126 Å². The van der Waals surface area contributed by atoms with Gasteiger partial charge in [0.05, 0.1) is 21.8 Å². The van der Waals surface area contributed by atoms with Crippen LogP contribution in [-0.4, -0.2) is 16.3 Å². The molecule has 1 N–H and O–H groups in total. The Kier molecular flexibility index (Phi) is 4.34. The molecule has 0 saturated carbocycles. The summed E-state index contributed by atoms with van der Waals surface area (Å²) >= 11 is 11.5. The molecule has 4 nitrogen and oxygen atoms in total. The number of aromatic nitrogens is 2. The number of benzene rings is 1. The van der Waals surface area contributed by atoms with E-state index in [1.807, 2.05) is 0 Å². The number of nitrogens with zero attached hydrogens (tertiary/aromatic N) is 2. The molecule has 1 aromatic carbocycles. The quantitative estimate of drug-likeness (QED) is 0.668. The van der Waals surface area contributed by atoms with Gasteiger partial charge in [-0.1, -0.05) is 23.2 Å². The highest BCUT2D eigenvalue weighted by Gasteiger charge is 2.31. The van der Waals surface area contributed by atoms with Crippen LogP contribution < -0.4 is 5.32 Å². The van der Waals surface area contributed by atoms with Crippen molar-refractivity contribution in [2.75, 3.05) is 5.32 Å². The van der Waals surface area contributed by atoms with Gasteiger partial charge in [-0.2, -0.15) is 13.2 Å². The molecule has 9 heteroatoms. The molecule has 0 aliphatic carbocycles. The number of halogens is 5. The Morgan fingerprint density at radius 3 is 2.52 bits per heavy atom. The summed E-state index contributed by atoms with van der Waals surface area (Å²) in [4.78, 5) is 18.3. The lowest BCUT2D eigenvalue weighted by atomic mass is 10.2. The van der Waals surface area contributed by atoms with Gasteiger partial charge in [0.15, 0.2) is 6.29 Å². The summed E-state index contributed by atoms with van der Waals surface area (Å²) in [5, 5.41) is 2.46. The molecule has 0 saturated heterocycles. The second kappa shape index (κ2) is 5.87. The van der Waals surface area contributed by atoms with Crippen LogP contribution in [-0.2, 0) is 6.18 Å². The van der Waals surface area contributed by atoms with Gasteiger partial charge >= 0.3 is 6.18 Å². The van der Waals surface area contributed by atoms with E-state index < -0.39 is 11.7 Å². The Hall–Kier alpha value is -1.86. The predicted octanol–water partition coefficient (Wildman–Crippen LogP) is 4.36. The molecule has 1 aromatic heterocycles. The third-order valence-corrected chi connectivity index (χ3v) is 3.13. The molecule has 0 aliphatic heterocycles. The number of hydrogen-bond acceptors (Lipinski definition) is 4. The third-order valence-electron chi connectivity index (χ3n) is 2.50. The van der Waals surface area contributed by atoms with E-state index in [1.165, 1.54) is 0 Å². The zero-order chi connectivity index (χ0) is 15.6. The summed E-state index contributed by atoms with van der Waals surface area (Å²) in [6, 6.07) is 2.75. The summed E-state index contributed by atoms with van der Waals surface area (Å²) in [6.07, 6.45) is -3.05. The lowest BCUT2D eigenvalue weighted by molar-refractivity contribution is -0.137. The molecule has 0 radical (unpaired) electrons. The number of nitrogens with one attached hydrogen (secondary N) is 1. The van der Waals surface area contributed by atoms with Crippen molar-refractivity contribution in [1.29, 1.82) is 0 Å². The first-order valence-electron chi connectivity index (χ1n) is 5.42. The Balaban J connectivity index is 2.45. The molecule has 0 amide bonds. The van der Waals surface area contributed by atoms with Gasteiger partial charge in [-0.15, -0.1) is 0 Å². The average Bonchev–Trinajstić information content (AvgIpc) is 2.40. The summed E-state index contributed by atoms with van der Waals surface area (Å²) in [5.41, 5.74) is -1.01. The Bertz CT molecular complexity index is 692. The van der Waals surface area contributed by atoms with Crippen molar-refractivity contribution in [3.63, 3.8) is 0 Å². The number of anilines is 2. The highest BCUT2D eigenvalue weighted by Crippen LogP contribution is 2.35. The summed E-state index contributed by atoms with van der Waals surface area (Å²) in [5.74, 6) is -0.0359. The van der Waals surface area contributed by atoms with E-state index >= 15 is 0 Å². The second-order valence-corrected chi connectivity index (χ2v) is 4.63. The first-order valence-corrected chi connectivity index (χ1v) is 6.18. The first kappa shape index (κ1) is 15.5. The lowest BCUT2D eigenvalue weighted by Crippen LogP contribution is -2.06. The van der Waals surface area contributed by atoms with E-state index in [1.54, 1.807) is 0 Å². The van der Waals surface area contributed by atoms with E-state index in [0.717, 1.165) is 24.5 Å². The third kappa shape index (κ3) is 3.43. The van der Waals surface area contributed by atoms with Crippen molar-refractivity contribution in [2.45, 2.75) is 6.18 Å². The fourth-order valence-electron chi connectivity index (χ4n) is 1.50. The summed E-state index contributed by atoms with van der Waals surface area (Å²) < 4.78 is 38.0. The molecule has 110 valence electrons. The van der Waals surface area contributed by atoms with Crippen molar-refractivity contribution < 1.29 is 18.0 Å². The van der Waals surface area contributed by atoms with Gasteiger partial charge in [0.25, 0.3) is 0 Å². The molecule has 21 heavy (non-hydrogen) atoms. The van der Waals surface area contributed by atoms with Gasteiger partial charge in [0, 0.05) is 0 Å². The largest absolute Gasteiger partial charge is 0.416 e. The van der Waals surface area contributed by atoms with Crippen LogP contribution in [0.2, 0.25) is 10.2 Å². The Morgan fingerprint density at radius 2 is 1.90 bits per heavy atom. The fraction of sp³-hybridized carbons (Fsp3) is 0.0833. The van der Waals surface area contributed by atoms with Gasteiger partial charge in [-0.25, -0.2) is 9.97 Å². The van der Waals surface area contributed by atoms with Crippen LogP contribution in [0.3, 0.4) is 0 Å². The van der Waals surface area contributed by atoms with Crippen LogP contribution in [0.15, 0.2) is 24.5 Å². The molecule has 1 heterocycles. The van der Waals surface area contributed by atoms with Crippen LogP contribution in [0.4, 0.5) is 24.7 Å². The minimum absolute atomic E-state index is 0.0359. The maximum Gasteiger partial charge on any atom is 0.416 e. The van der Waals surface area contributed by atoms with Gasteiger partial charge in [0.2, 0.25) is 0 Å². The molecule has 0 unspecified atom stereocenters. The minimum atomic E-state index is -4.52. The SMILES string of the molecule is O=Cc1c(Cl)ncnc1Nc1cc(C(F)(F)F)ccc1Cl. The normalized spacial score (nSPS) is 11.3. The molecule has 2 rings (SSSR count). The van der Waals surface area contributed by atoms with Gasteiger partial charge in [-0.3, -0.25) is 4.79 Å². The van der Waals surface area contributed by atoms with Gasteiger partial charge in [0.1, 0.15) is 17.3 Å². The lowest BCUT2D eigenvalue weighted by Gasteiger charge is -2.13. The summed E-state index contributed by atoms with van der Waals surface area (Å²) in [7, 11) is 0. The van der Waals surface area contributed by atoms with Crippen LogP contribution in [0.25, 0.3) is 0 Å². The highest BCUT2D eigenvalue weighted by atomic mass is 35.5. The highest BCUT2D eigenvalue weighted by molar-refractivity contribution is 6.33. The van der Waals surface area contributed by atoms with Crippen LogP contribution in [0, 0.1) is 0 Å². The number of hydrogen-bond donors (Lipinski definition) is 1. The van der Waals surface area contributed by atoms with E-state index in [4.69, 9.17) is 23.2 Å². The molecular formula is C12H6Cl2F3N3O. The first-order chi connectivity index (χ1) is 9.82. The molecule has 2 aromatic rings. The smallest absolute Gasteiger partial charge is 0.338 e. The maximum atomic E-state index is 12.7. The molecule has 0 spiro atoms. The molecular weight excluding hydrogens is 330 g/mol. The number of rotatable bonds is 3. The second-order valence-electron chi connectivity index (χ2n) is 3.86. The van der Waals surface area contributed by atoms with Crippen LogP contribution >= 0.6 is 23.2 Å².